The molecule has 5 rings (SSSR count). The Kier molecular flexibility index (Phi) is 5.91. The molecule has 160 valence electrons. The van der Waals surface area contributed by atoms with Gasteiger partial charge in [0.05, 0.1) is 23.8 Å². The smallest absolute Gasteiger partial charge is 0.120 e. The van der Waals surface area contributed by atoms with Crippen LogP contribution < -0.4 is 4.74 Å². The maximum Gasteiger partial charge on any atom is 0.120 e. The molecule has 4 aromatic rings. The number of aliphatic hydroxyl groups is 1. The Morgan fingerprint density at radius 3 is 2.88 bits per heavy atom. The maximum absolute atomic E-state index is 9.94. The SMILES string of the molecule is N#Cc1cc(-c2ccsc2)c2ccc(OCc3cccc(C4CC(O)CCO4)c3)cc2c1. The lowest BCUT2D eigenvalue weighted by atomic mass is 9.97. The van der Waals surface area contributed by atoms with Crippen LogP contribution in [0.15, 0.2) is 71.4 Å². The van der Waals surface area contributed by atoms with Gasteiger partial charge in [0.1, 0.15) is 12.4 Å². The quantitative estimate of drug-likeness (QED) is 0.399. The fraction of sp³-hybridized carbons (Fsp3) is 0.222. The van der Waals surface area contributed by atoms with E-state index in [1.807, 2.05) is 47.8 Å². The first-order valence-electron chi connectivity index (χ1n) is 10.7. The maximum atomic E-state index is 9.94. The van der Waals surface area contributed by atoms with Gasteiger partial charge in [0.15, 0.2) is 0 Å². The summed E-state index contributed by atoms with van der Waals surface area (Å²) in [6.45, 7) is 1.02. The molecule has 1 saturated heterocycles. The highest BCUT2D eigenvalue weighted by atomic mass is 32.1. The standard InChI is InChI=1S/C27H23NO3S/c28-15-19-11-22-13-24(4-5-25(22)26(12-19)21-7-9-32-17-21)31-16-18-2-1-3-20(10-18)27-14-23(29)6-8-30-27/h1-5,7,9-13,17,23,27,29H,6,8,14,16H2. The normalized spacial score (nSPS) is 18.4. The third-order valence-corrected chi connectivity index (χ3v) is 6.55. The van der Waals surface area contributed by atoms with Crippen molar-refractivity contribution < 1.29 is 14.6 Å². The Hall–Kier alpha value is -3.17. The monoisotopic (exact) mass is 441 g/mol. The second-order valence-electron chi connectivity index (χ2n) is 8.10. The van der Waals surface area contributed by atoms with E-state index < -0.39 is 0 Å². The molecule has 0 aliphatic carbocycles. The summed E-state index contributed by atoms with van der Waals surface area (Å²) in [5, 5.41) is 25.7. The molecular weight excluding hydrogens is 418 g/mol. The number of nitrogens with zero attached hydrogens (tertiary/aromatic N) is 1. The Bertz CT molecular complexity index is 1280. The molecule has 2 atom stereocenters. The van der Waals surface area contributed by atoms with Gasteiger partial charge in [-0.15, -0.1) is 0 Å². The Morgan fingerprint density at radius 2 is 2.06 bits per heavy atom. The van der Waals surface area contributed by atoms with E-state index in [1.54, 1.807) is 11.3 Å². The number of hydrogen-bond donors (Lipinski definition) is 1. The third kappa shape index (κ3) is 4.39. The molecule has 1 fully saturated rings. The molecule has 0 amide bonds. The molecule has 0 spiro atoms. The van der Waals surface area contributed by atoms with Crippen LogP contribution in [0.1, 0.15) is 35.6 Å². The second-order valence-corrected chi connectivity index (χ2v) is 8.88. The Balaban J connectivity index is 1.37. The summed E-state index contributed by atoms with van der Waals surface area (Å²) in [5.74, 6) is 0.763. The summed E-state index contributed by atoms with van der Waals surface area (Å²) >= 11 is 1.65. The second kappa shape index (κ2) is 9.13. The molecule has 3 aromatic carbocycles. The van der Waals surface area contributed by atoms with Gasteiger partial charge >= 0.3 is 0 Å². The van der Waals surface area contributed by atoms with E-state index in [0.29, 0.717) is 31.6 Å². The lowest BCUT2D eigenvalue weighted by Crippen LogP contribution is -2.23. The van der Waals surface area contributed by atoms with Crippen molar-refractivity contribution >= 4 is 22.1 Å². The van der Waals surface area contributed by atoms with Crippen LogP contribution >= 0.6 is 11.3 Å². The molecule has 32 heavy (non-hydrogen) atoms. The summed E-state index contributed by atoms with van der Waals surface area (Å²) in [4.78, 5) is 0. The highest BCUT2D eigenvalue weighted by Crippen LogP contribution is 2.34. The minimum absolute atomic E-state index is 0.0701. The number of hydrogen-bond acceptors (Lipinski definition) is 5. The summed E-state index contributed by atoms with van der Waals surface area (Å²) in [7, 11) is 0. The molecule has 5 heteroatoms. The fourth-order valence-electron chi connectivity index (χ4n) is 4.22. The topological polar surface area (TPSA) is 62.5 Å². The third-order valence-electron chi connectivity index (χ3n) is 5.87. The van der Waals surface area contributed by atoms with Crippen molar-refractivity contribution in [1.82, 2.24) is 0 Å². The minimum Gasteiger partial charge on any atom is -0.489 e. The van der Waals surface area contributed by atoms with Crippen molar-refractivity contribution in [2.24, 2.45) is 0 Å². The zero-order chi connectivity index (χ0) is 21.9. The molecule has 1 aliphatic heterocycles. The first-order chi connectivity index (χ1) is 15.7. The van der Waals surface area contributed by atoms with Crippen molar-refractivity contribution in [1.29, 1.82) is 5.26 Å². The van der Waals surface area contributed by atoms with Gasteiger partial charge in [-0.1, -0.05) is 24.3 Å². The van der Waals surface area contributed by atoms with E-state index in [-0.39, 0.29) is 12.2 Å². The molecule has 0 radical (unpaired) electrons. The van der Waals surface area contributed by atoms with E-state index in [9.17, 15) is 10.4 Å². The largest absolute Gasteiger partial charge is 0.489 e. The van der Waals surface area contributed by atoms with Crippen molar-refractivity contribution in [3.63, 3.8) is 0 Å². The van der Waals surface area contributed by atoms with E-state index in [4.69, 9.17) is 9.47 Å². The van der Waals surface area contributed by atoms with Crippen molar-refractivity contribution in [3.05, 3.63) is 88.1 Å². The summed E-state index contributed by atoms with van der Waals surface area (Å²) in [6.07, 6.45) is 0.953. The predicted molar refractivity (Wildman–Crippen MR) is 127 cm³/mol. The Morgan fingerprint density at radius 1 is 1.12 bits per heavy atom. The predicted octanol–water partition coefficient (Wildman–Crippen LogP) is 6.23. The van der Waals surface area contributed by atoms with Crippen LogP contribution in [0.25, 0.3) is 21.9 Å². The number of fused-ring (bicyclic) bond motifs is 1. The molecule has 0 saturated carbocycles. The van der Waals surface area contributed by atoms with Crippen LogP contribution in [0.4, 0.5) is 0 Å². The summed E-state index contributed by atoms with van der Waals surface area (Å²) in [5.41, 5.74) is 4.95. The lowest BCUT2D eigenvalue weighted by Gasteiger charge is -2.27. The molecule has 2 unspecified atom stereocenters. The Labute approximate surface area is 191 Å². The molecule has 4 nitrogen and oxygen atoms in total. The van der Waals surface area contributed by atoms with Gasteiger partial charge < -0.3 is 14.6 Å². The van der Waals surface area contributed by atoms with Gasteiger partial charge in [0.25, 0.3) is 0 Å². The highest BCUT2D eigenvalue weighted by Gasteiger charge is 2.22. The van der Waals surface area contributed by atoms with Gasteiger partial charge in [-0.05, 0) is 86.6 Å². The number of ether oxygens (including phenoxy) is 2. The van der Waals surface area contributed by atoms with Gasteiger partial charge in [-0.25, -0.2) is 0 Å². The van der Waals surface area contributed by atoms with Gasteiger partial charge in [-0.3, -0.25) is 0 Å². The average molecular weight is 442 g/mol. The van der Waals surface area contributed by atoms with Crippen LogP contribution in [-0.2, 0) is 11.3 Å². The molecule has 1 aromatic heterocycles. The van der Waals surface area contributed by atoms with Crippen LogP contribution in [0, 0.1) is 11.3 Å². The number of thiophene rings is 1. The van der Waals surface area contributed by atoms with Crippen LogP contribution in [-0.4, -0.2) is 17.8 Å². The molecule has 1 aliphatic rings. The van der Waals surface area contributed by atoms with E-state index in [2.05, 4.69) is 29.6 Å². The van der Waals surface area contributed by atoms with Crippen molar-refractivity contribution in [2.75, 3.05) is 6.61 Å². The van der Waals surface area contributed by atoms with Gasteiger partial charge in [0, 0.05) is 13.0 Å². The first kappa shape index (κ1) is 20.7. The van der Waals surface area contributed by atoms with Gasteiger partial charge in [-0.2, -0.15) is 16.6 Å². The summed E-state index contributed by atoms with van der Waals surface area (Å²) < 4.78 is 11.9. The molecule has 2 heterocycles. The van der Waals surface area contributed by atoms with E-state index in [0.717, 1.165) is 38.8 Å². The lowest BCUT2D eigenvalue weighted by molar-refractivity contribution is -0.0448. The zero-order valence-electron chi connectivity index (χ0n) is 17.5. The average Bonchev–Trinajstić information content (AvgIpc) is 3.37. The number of aliphatic hydroxyl groups excluding tert-OH is 1. The van der Waals surface area contributed by atoms with Crippen molar-refractivity contribution in [2.45, 2.75) is 31.7 Å². The van der Waals surface area contributed by atoms with Crippen molar-refractivity contribution in [3.8, 4) is 22.9 Å². The van der Waals surface area contributed by atoms with Crippen LogP contribution in [0.2, 0.25) is 0 Å². The van der Waals surface area contributed by atoms with E-state index in [1.165, 1.54) is 0 Å². The fourth-order valence-corrected chi connectivity index (χ4v) is 4.88. The minimum atomic E-state index is -0.302. The molecule has 0 bridgehead atoms. The van der Waals surface area contributed by atoms with Crippen LogP contribution in [0.5, 0.6) is 5.75 Å². The van der Waals surface area contributed by atoms with Crippen LogP contribution in [0.3, 0.4) is 0 Å². The zero-order valence-corrected chi connectivity index (χ0v) is 18.3. The number of benzene rings is 3. The van der Waals surface area contributed by atoms with E-state index >= 15 is 0 Å². The summed E-state index contributed by atoms with van der Waals surface area (Å²) in [6, 6.07) is 22.4. The first-order valence-corrected chi connectivity index (χ1v) is 11.7. The number of rotatable bonds is 5. The number of nitriles is 1. The highest BCUT2D eigenvalue weighted by molar-refractivity contribution is 7.08. The molecular formula is C27H23NO3S. The molecule has 1 N–H and O–H groups in total. The van der Waals surface area contributed by atoms with Gasteiger partial charge in [0.2, 0.25) is 0 Å².